The molecule has 17 heavy (non-hydrogen) atoms. The summed E-state index contributed by atoms with van der Waals surface area (Å²) in [5.74, 6) is 3.13. The lowest BCUT2D eigenvalue weighted by molar-refractivity contribution is 0.315. The van der Waals surface area contributed by atoms with E-state index in [2.05, 4.69) is 18.3 Å². The average Bonchev–Trinajstić information content (AvgIpc) is 3.03. The molecule has 0 aliphatic heterocycles. The van der Waals surface area contributed by atoms with Crippen LogP contribution < -0.4 is 5.32 Å². The van der Waals surface area contributed by atoms with Gasteiger partial charge in [-0.1, -0.05) is 6.42 Å². The Balaban J connectivity index is 1.43. The largest absolute Gasteiger partial charge is 0.469 e. The normalized spacial score (nSPS) is 33.1. The summed E-state index contributed by atoms with van der Waals surface area (Å²) in [6.45, 7) is 2.31. The molecule has 0 amide bonds. The van der Waals surface area contributed by atoms with Crippen molar-refractivity contribution in [2.75, 3.05) is 0 Å². The van der Waals surface area contributed by atoms with Crippen LogP contribution in [0.25, 0.3) is 0 Å². The first kappa shape index (κ1) is 11.3. The van der Waals surface area contributed by atoms with Gasteiger partial charge in [-0.3, -0.25) is 0 Å². The molecular weight excluding hydrogens is 210 g/mol. The van der Waals surface area contributed by atoms with Gasteiger partial charge in [-0.25, -0.2) is 0 Å². The van der Waals surface area contributed by atoms with Crippen molar-refractivity contribution >= 4 is 0 Å². The van der Waals surface area contributed by atoms with Gasteiger partial charge in [0.25, 0.3) is 0 Å². The summed E-state index contributed by atoms with van der Waals surface area (Å²) in [6, 6.07) is 5.47. The van der Waals surface area contributed by atoms with E-state index < -0.39 is 0 Å². The number of fused-ring (bicyclic) bond motifs is 2. The van der Waals surface area contributed by atoms with Crippen LogP contribution in [0.5, 0.6) is 0 Å². The Kier molecular flexibility index (Phi) is 3.24. The molecule has 0 radical (unpaired) electrons. The van der Waals surface area contributed by atoms with Crippen LogP contribution in [0, 0.1) is 11.8 Å². The Hall–Kier alpha value is -0.760. The number of nitrogens with one attached hydrogen (secondary N) is 1. The van der Waals surface area contributed by atoms with Crippen molar-refractivity contribution in [2.45, 2.75) is 57.5 Å². The van der Waals surface area contributed by atoms with Gasteiger partial charge in [-0.2, -0.15) is 0 Å². The van der Waals surface area contributed by atoms with Crippen molar-refractivity contribution in [3.05, 3.63) is 24.2 Å². The van der Waals surface area contributed by atoms with Crippen molar-refractivity contribution in [2.24, 2.45) is 11.8 Å². The van der Waals surface area contributed by atoms with Gasteiger partial charge >= 0.3 is 0 Å². The summed E-state index contributed by atoms with van der Waals surface area (Å²) >= 11 is 0. The minimum atomic E-state index is 0.615. The number of hydrogen-bond acceptors (Lipinski definition) is 2. The quantitative estimate of drug-likeness (QED) is 0.843. The predicted octanol–water partition coefficient (Wildman–Crippen LogP) is 3.38. The van der Waals surface area contributed by atoms with E-state index in [1.165, 1.54) is 32.1 Å². The fourth-order valence-corrected chi connectivity index (χ4v) is 3.71. The van der Waals surface area contributed by atoms with Crippen molar-refractivity contribution in [1.29, 1.82) is 0 Å². The Morgan fingerprint density at radius 3 is 3.00 bits per heavy atom. The maximum absolute atomic E-state index is 5.38. The van der Waals surface area contributed by atoms with Crippen LogP contribution in [-0.2, 0) is 6.42 Å². The molecule has 2 aliphatic carbocycles. The van der Waals surface area contributed by atoms with Gasteiger partial charge in [0.2, 0.25) is 0 Å². The molecule has 2 heteroatoms. The average molecular weight is 233 g/mol. The van der Waals surface area contributed by atoms with Crippen LogP contribution >= 0.6 is 0 Å². The second kappa shape index (κ2) is 4.85. The van der Waals surface area contributed by atoms with Crippen LogP contribution in [-0.4, -0.2) is 12.1 Å². The third-order valence-corrected chi connectivity index (χ3v) is 4.64. The molecule has 0 aromatic carbocycles. The molecule has 1 aromatic rings. The van der Waals surface area contributed by atoms with E-state index in [-0.39, 0.29) is 0 Å². The molecule has 3 rings (SSSR count). The van der Waals surface area contributed by atoms with E-state index in [9.17, 15) is 0 Å². The molecule has 1 aromatic heterocycles. The summed E-state index contributed by atoms with van der Waals surface area (Å²) in [5.41, 5.74) is 0. The standard InChI is InChI=1S/C15H23NO/c1-11(4-7-14-3-2-8-17-14)16-15-10-12-5-6-13(15)9-12/h2-3,8,11-13,15-16H,4-7,9-10H2,1H3. The van der Waals surface area contributed by atoms with Gasteiger partial charge in [0.1, 0.15) is 5.76 Å². The van der Waals surface area contributed by atoms with Gasteiger partial charge in [0, 0.05) is 18.5 Å². The van der Waals surface area contributed by atoms with E-state index in [0.29, 0.717) is 6.04 Å². The molecule has 2 bridgehead atoms. The van der Waals surface area contributed by atoms with Gasteiger partial charge in [-0.05, 0) is 56.6 Å². The molecule has 0 spiro atoms. The molecule has 1 N–H and O–H groups in total. The summed E-state index contributed by atoms with van der Waals surface area (Å²) in [4.78, 5) is 0. The third-order valence-electron chi connectivity index (χ3n) is 4.64. The Morgan fingerprint density at radius 2 is 2.35 bits per heavy atom. The highest BCUT2D eigenvalue weighted by Crippen LogP contribution is 2.44. The summed E-state index contributed by atoms with van der Waals surface area (Å²) in [7, 11) is 0. The highest BCUT2D eigenvalue weighted by Gasteiger charge is 2.39. The third kappa shape index (κ3) is 2.57. The molecular formula is C15H23NO. The van der Waals surface area contributed by atoms with Crippen LogP contribution in [0.15, 0.2) is 22.8 Å². The van der Waals surface area contributed by atoms with E-state index in [1.54, 1.807) is 6.26 Å². The maximum atomic E-state index is 5.38. The zero-order valence-corrected chi connectivity index (χ0v) is 10.7. The second-order valence-electron chi connectivity index (χ2n) is 5.97. The van der Waals surface area contributed by atoms with Crippen LogP contribution in [0.3, 0.4) is 0 Å². The summed E-state index contributed by atoms with van der Waals surface area (Å²) in [6.07, 6.45) is 9.88. The molecule has 0 saturated heterocycles. The minimum absolute atomic E-state index is 0.615. The van der Waals surface area contributed by atoms with E-state index >= 15 is 0 Å². The van der Waals surface area contributed by atoms with Crippen molar-refractivity contribution in [3.8, 4) is 0 Å². The van der Waals surface area contributed by atoms with Crippen LogP contribution in [0.4, 0.5) is 0 Å². The van der Waals surface area contributed by atoms with E-state index in [1.807, 2.05) is 6.07 Å². The Morgan fingerprint density at radius 1 is 1.41 bits per heavy atom. The summed E-state index contributed by atoms with van der Waals surface area (Å²) < 4.78 is 5.38. The molecule has 4 atom stereocenters. The molecule has 94 valence electrons. The fourth-order valence-electron chi connectivity index (χ4n) is 3.71. The lowest BCUT2D eigenvalue weighted by atomic mass is 9.94. The SMILES string of the molecule is CC(CCc1ccco1)NC1CC2CCC1C2. The molecule has 4 unspecified atom stereocenters. The van der Waals surface area contributed by atoms with Crippen LogP contribution in [0.1, 0.15) is 44.8 Å². The lowest BCUT2D eigenvalue weighted by Crippen LogP contribution is -2.40. The number of aryl methyl sites for hydroxylation is 1. The monoisotopic (exact) mass is 233 g/mol. The summed E-state index contributed by atoms with van der Waals surface area (Å²) in [5, 5.41) is 3.83. The fraction of sp³-hybridized carbons (Fsp3) is 0.733. The number of rotatable bonds is 5. The lowest BCUT2D eigenvalue weighted by Gasteiger charge is -2.26. The molecule has 2 aliphatic rings. The van der Waals surface area contributed by atoms with Gasteiger partial charge < -0.3 is 9.73 Å². The first-order valence-electron chi connectivity index (χ1n) is 7.09. The van der Waals surface area contributed by atoms with E-state index in [0.717, 1.165) is 30.1 Å². The van der Waals surface area contributed by atoms with Crippen molar-refractivity contribution in [3.63, 3.8) is 0 Å². The predicted molar refractivity (Wildman–Crippen MR) is 68.9 cm³/mol. The zero-order valence-electron chi connectivity index (χ0n) is 10.7. The topological polar surface area (TPSA) is 25.2 Å². The molecule has 2 fully saturated rings. The first-order chi connectivity index (χ1) is 8.31. The maximum Gasteiger partial charge on any atom is 0.103 e. The highest BCUT2D eigenvalue weighted by atomic mass is 16.3. The Bertz CT molecular complexity index is 346. The van der Waals surface area contributed by atoms with Crippen LogP contribution in [0.2, 0.25) is 0 Å². The van der Waals surface area contributed by atoms with Crippen molar-refractivity contribution < 1.29 is 4.42 Å². The minimum Gasteiger partial charge on any atom is -0.469 e. The van der Waals surface area contributed by atoms with Crippen molar-refractivity contribution in [1.82, 2.24) is 5.32 Å². The zero-order chi connectivity index (χ0) is 11.7. The number of furan rings is 1. The molecule has 2 saturated carbocycles. The van der Waals surface area contributed by atoms with Gasteiger partial charge in [-0.15, -0.1) is 0 Å². The van der Waals surface area contributed by atoms with Gasteiger partial charge in [0.15, 0.2) is 0 Å². The smallest absolute Gasteiger partial charge is 0.103 e. The molecule has 2 nitrogen and oxygen atoms in total. The first-order valence-corrected chi connectivity index (χ1v) is 7.09. The molecule has 1 heterocycles. The number of hydrogen-bond donors (Lipinski definition) is 1. The highest BCUT2D eigenvalue weighted by molar-refractivity contribution is 4.99. The van der Waals surface area contributed by atoms with Gasteiger partial charge in [0.05, 0.1) is 6.26 Å². The second-order valence-corrected chi connectivity index (χ2v) is 5.97. The van der Waals surface area contributed by atoms with E-state index in [4.69, 9.17) is 4.42 Å². The Labute approximate surface area is 104 Å².